The third-order valence-electron chi connectivity index (χ3n) is 13.6. The minimum absolute atomic E-state index is 0.0670. The first-order valence-corrected chi connectivity index (χ1v) is 19.9. The Labute approximate surface area is 301 Å². The van der Waals surface area contributed by atoms with Crippen LogP contribution in [0.1, 0.15) is 144 Å². The molecule has 5 rings (SSSR count). The fourth-order valence-electron chi connectivity index (χ4n) is 10.9. The summed E-state index contributed by atoms with van der Waals surface area (Å²) in [7, 11) is 0. The number of fused-ring (bicyclic) bond motifs is 5. The molecule has 278 valence electrons. The van der Waals surface area contributed by atoms with Crippen molar-refractivity contribution in [2.75, 3.05) is 10.6 Å². The van der Waals surface area contributed by atoms with Gasteiger partial charge in [0.1, 0.15) is 6.10 Å². The van der Waals surface area contributed by atoms with Gasteiger partial charge in [-0.15, -0.1) is 0 Å². The van der Waals surface area contributed by atoms with E-state index in [1.165, 1.54) is 56.9 Å². The normalized spacial score (nSPS) is 30.7. The Bertz CT molecular complexity index is 1340. The van der Waals surface area contributed by atoms with Crippen molar-refractivity contribution < 1.29 is 24.3 Å². The molecule has 0 unspecified atom stereocenters. The molecule has 0 saturated heterocycles. The molecule has 8 heteroatoms. The fraction of sp³-hybridized carbons (Fsp3) is 0.738. The number of hydrogen-bond donors (Lipinski definition) is 4. The highest BCUT2D eigenvalue weighted by Gasteiger charge is 2.59. The lowest BCUT2D eigenvalue weighted by Gasteiger charge is -2.58. The van der Waals surface area contributed by atoms with Crippen LogP contribution in [0.25, 0.3) is 0 Å². The van der Waals surface area contributed by atoms with Gasteiger partial charge in [0.25, 0.3) is 0 Å². The Morgan fingerprint density at radius 1 is 0.820 bits per heavy atom. The molecule has 3 saturated carbocycles. The molecule has 0 heterocycles. The summed E-state index contributed by atoms with van der Waals surface area (Å²) in [6.07, 6.45) is 19.5. The molecule has 1 aromatic carbocycles. The quantitative estimate of drug-likeness (QED) is 0.0632. The maximum absolute atomic E-state index is 12.9. The molecule has 0 aromatic heterocycles. The van der Waals surface area contributed by atoms with E-state index >= 15 is 0 Å². The van der Waals surface area contributed by atoms with Crippen LogP contribution in [-0.2, 0) is 14.3 Å². The Morgan fingerprint density at radius 3 is 2.18 bits per heavy atom. The van der Waals surface area contributed by atoms with E-state index in [4.69, 9.17) is 9.94 Å². The van der Waals surface area contributed by atoms with Crippen LogP contribution in [0.4, 0.5) is 16.2 Å². The number of amides is 3. The molecular weight excluding hydrogens is 626 g/mol. The summed E-state index contributed by atoms with van der Waals surface area (Å²) in [5.74, 6) is 4.45. The second-order valence-corrected chi connectivity index (χ2v) is 17.3. The van der Waals surface area contributed by atoms with Crippen molar-refractivity contribution in [2.24, 2.45) is 46.3 Å². The molecule has 0 radical (unpaired) electrons. The predicted molar refractivity (Wildman–Crippen MR) is 200 cm³/mol. The molecule has 1 aromatic rings. The van der Waals surface area contributed by atoms with Gasteiger partial charge in [0.2, 0.25) is 11.8 Å². The number of anilines is 2. The lowest BCUT2D eigenvalue weighted by atomic mass is 9.47. The number of unbranched alkanes of at least 4 members (excludes halogenated alkanes) is 3. The molecule has 8 nitrogen and oxygen atoms in total. The van der Waals surface area contributed by atoms with Crippen LogP contribution >= 0.6 is 0 Å². The molecule has 4 aliphatic carbocycles. The highest BCUT2D eigenvalue weighted by molar-refractivity contribution is 5.91. The maximum Gasteiger partial charge on any atom is 0.411 e. The smallest absolute Gasteiger partial charge is 0.411 e. The molecule has 4 N–H and O–H groups in total. The minimum atomic E-state index is -0.422. The summed E-state index contributed by atoms with van der Waals surface area (Å²) in [5.41, 5.74) is 5.18. The van der Waals surface area contributed by atoms with E-state index in [0.29, 0.717) is 29.6 Å². The van der Waals surface area contributed by atoms with Crippen LogP contribution in [0.2, 0.25) is 0 Å². The van der Waals surface area contributed by atoms with E-state index < -0.39 is 6.09 Å². The molecule has 3 fully saturated rings. The first-order chi connectivity index (χ1) is 23.9. The maximum atomic E-state index is 12.9. The SMILES string of the molecule is CC(C)CCC[C@@H](C)[C@H]1CC[C@H]2[C@@H]3CC=C4C[C@@H](OC(=O)Nc5ccc(NC(=O)CCCCCCC(=O)NO)cc5)CC[C@]4(C)[C@H]3CC[C@]12C. The number of hydroxylamine groups is 1. The van der Waals surface area contributed by atoms with Gasteiger partial charge in [-0.05, 0) is 128 Å². The zero-order valence-electron chi connectivity index (χ0n) is 31.5. The van der Waals surface area contributed by atoms with E-state index in [0.717, 1.165) is 74.0 Å². The zero-order chi connectivity index (χ0) is 35.9. The molecule has 3 amide bonds. The summed E-state index contributed by atoms with van der Waals surface area (Å²) in [5, 5.41) is 14.3. The largest absolute Gasteiger partial charge is 0.446 e. The van der Waals surface area contributed by atoms with Crippen molar-refractivity contribution >= 4 is 29.3 Å². The molecule has 0 aliphatic heterocycles. The van der Waals surface area contributed by atoms with Gasteiger partial charge >= 0.3 is 6.09 Å². The van der Waals surface area contributed by atoms with E-state index in [1.807, 2.05) is 0 Å². The van der Waals surface area contributed by atoms with Crippen LogP contribution in [0.5, 0.6) is 0 Å². The van der Waals surface area contributed by atoms with Gasteiger partial charge in [-0.2, -0.15) is 0 Å². The Hall–Kier alpha value is -2.87. The highest BCUT2D eigenvalue weighted by Crippen LogP contribution is 2.67. The first kappa shape index (κ1) is 38.4. The van der Waals surface area contributed by atoms with Gasteiger partial charge < -0.3 is 10.1 Å². The van der Waals surface area contributed by atoms with Gasteiger partial charge in [-0.1, -0.05) is 78.4 Å². The van der Waals surface area contributed by atoms with Gasteiger partial charge in [-0.25, -0.2) is 10.3 Å². The molecule has 4 aliphatic rings. The van der Waals surface area contributed by atoms with E-state index in [2.05, 4.69) is 51.3 Å². The zero-order valence-corrected chi connectivity index (χ0v) is 31.5. The number of nitrogens with one attached hydrogen (secondary N) is 3. The summed E-state index contributed by atoms with van der Waals surface area (Å²) >= 11 is 0. The number of hydrogen-bond acceptors (Lipinski definition) is 5. The number of ether oxygens (including phenoxy) is 1. The lowest BCUT2D eigenvalue weighted by molar-refractivity contribution is -0.129. The van der Waals surface area contributed by atoms with Crippen molar-refractivity contribution in [1.29, 1.82) is 0 Å². The van der Waals surface area contributed by atoms with E-state index in [1.54, 1.807) is 29.7 Å². The van der Waals surface area contributed by atoms with Gasteiger partial charge in [0.15, 0.2) is 0 Å². The summed E-state index contributed by atoms with van der Waals surface area (Å²) in [6.45, 7) is 12.4. The van der Waals surface area contributed by atoms with Crippen molar-refractivity contribution in [3.05, 3.63) is 35.9 Å². The summed E-state index contributed by atoms with van der Waals surface area (Å²) in [4.78, 5) is 36.3. The van der Waals surface area contributed by atoms with Crippen LogP contribution in [0.3, 0.4) is 0 Å². The summed E-state index contributed by atoms with van der Waals surface area (Å²) in [6, 6.07) is 7.13. The van der Waals surface area contributed by atoms with Gasteiger partial charge in [-0.3, -0.25) is 20.1 Å². The Kier molecular flexibility index (Phi) is 13.1. The predicted octanol–water partition coefficient (Wildman–Crippen LogP) is 10.4. The third-order valence-corrected chi connectivity index (χ3v) is 13.6. The molecule has 50 heavy (non-hydrogen) atoms. The van der Waals surface area contributed by atoms with Crippen molar-refractivity contribution in [1.82, 2.24) is 5.48 Å². The number of carbonyl (C=O) groups excluding carboxylic acids is 3. The van der Waals surface area contributed by atoms with Crippen molar-refractivity contribution in [3.63, 3.8) is 0 Å². The average molecular weight is 692 g/mol. The molecule has 0 bridgehead atoms. The summed E-state index contributed by atoms with van der Waals surface area (Å²) < 4.78 is 5.99. The second-order valence-electron chi connectivity index (χ2n) is 17.3. The number of allylic oxidation sites excluding steroid dienone is 1. The standard InChI is InChI=1S/C42H65N3O5/c1-28(2)11-10-12-29(3)35-21-22-36-34-20-15-30-27-33(23-25-41(30,4)37(34)24-26-42(35,36)5)50-40(48)44-32-18-16-31(17-19-32)43-38(46)13-8-6-7-9-14-39(47)45-49/h15-19,28-29,33-37,49H,6-14,20-27H2,1-5H3,(H,43,46)(H,44,48)(H,45,47)/t29-,33+,34+,35-,36+,37+,41+,42-/m1/s1. The topological polar surface area (TPSA) is 117 Å². The molecular formula is C42H65N3O5. The number of benzene rings is 1. The monoisotopic (exact) mass is 691 g/mol. The van der Waals surface area contributed by atoms with Gasteiger partial charge in [0, 0.05) is 30.6 Å². The van der Waals surface area contributed by atoms with E-state index in [9.17, 15) is 14.4 Å². The van der Waals surface area contributed by atoms with Crippen LogP contribution in [0, 0.1) is 46.3 Å². The van der Waals surface area contributed by atoms with Crippen molar-refractivity contribution in [3.8, 4) is 0 Å². The van der Waals surface area contributed by atoms with Crippen LogP contribution in [0.15, 0.2) is 35.9 Å². The molecule has 8 atom stereocenters. The van der Waals surface area contributed by atoms with Crippen LogP contribution < -0.4 is 16.1 Å². The number of carbonyl (C=O) groups is 3. The minimum Gasteiger partial charge on any atom is -0.446 e. The van der Waals surface area contributed by atoms with Crippen molar-refractivity contribution in [2.45, 2.75) is 150 Å². The Balaban J connectivity index is 1.06. The first-order valence-electron chi connectivity index (χ1n) is 19.9. The van der Waals surface area contributed by atoms with Gasteiger partial charge in [0.05, 0.1) is 0 Å². The highest BCUT2D eigenvalue weighted by atomic mass is 16.6. The van der Waals surface area contributed by atoms with Crippen LogP contribution in [-0.4, -0.2) is 29.2 Å². The second kappa shape index (κ2) is 17.1. The number of rotatable bonds is 15. The lowest BCUT2D eigenvalue weighted by Crippen LogP contribution is -2.51. The molecule has 0 spiro atoms. The Morgan fingerprint density at radius 2 is 1.50 bits per heavy atom. The fourth-order valence-corrected chi connectivity index (χ4v) is 10.9. The third kappa shape index (κ3) is 9.13. The average Bonchev–Trinajstić information content (AvgIpc) is 3.44. The van der Waals surface area contributed by atoms with E-state index in [-0.39, 0.29) is 29.8 Å².